The maximum absolute atomic E-state index is 4.52. The van der Waals surface area contributed by atoms with Crippen LogP contribution in [0.2, 0.25) is 0 Å². The van der Waals surface area contributed by atoms with Crippen LogP contribution in [0.5, 0.6) is 0 Å². The summed E-state index contributed by atoms with van der Waals surface area (Å²) in [6.07, 6.45) is 3.30. The molecule has 0 aliphatic carbocycles. The van der Waals surface area contributed by atoms with Gasteiger partial charge in [-0.2, -0.15) is 0 Å². The van der Waals surface area contributed by atoms with E-state index in [1.54, 1.807) is 0 Å². The van der Waals surface area contributed by atoms with Gasteiger partial charge in [-0.25, -0.2) is 0 Å². The van der Waals surface area contributed by atoms with E-state index in [2.05, 4.69) is 53.3 Å². The minimum Gasteiger partial charge on any atom is -0.684 e. The van der Waals surface area contributed by atoms with Crippen molar-refractivity contribution in [2.45, 2.75) is 26.8 Å². The van der Waals surface area contributed by atoms with Gasteiger partial charge in [0.25, 0.3) is 0 Å². The zero-order valence-corrected chi connectivity index (χ0v) is 18.4. The third kappa shape index (κ3) is 3.95. The van der Waals surface area contributed by atoms with Crippen LogP contribution in [0.1, 0.15) is 19.4 Å². The molecular formula is C16H24N3Rb. The van der Waals surface area contributed by atoms with E-state index in [4.69, 9.17) is 0 Å². The van der Waals surface area contributed by atoms with Gasteiger partial charge in [-0.15, -0.1) is 12.2 Å². The van der Waals surface area contributed by atoms with Crippen molar-refractivity contribution in [1.29, 1.82) is 0 Å². The topological polar surface area (TPSA) is 22.3 Å². The second kappa shape index (κ2) is 8.69. The Labute approximate surface area is 171 Å². The van der Waals surface area contributed by atoms with Gasteiger partial charge in [0.1, 0.15) is 0 Å². The third-order valence-electron chi connectivity index (χ3n) is 3.47. The van der Waals surface area contributed by atoms with Crippen molar-refractivity contribution < 1.29 is 58.2 Å². The number of benzene rings is 1. The molecule has 1 aromatic heterocycles. The maximum Gasteiger partial charge on any atom is 1.00 e. The minimum absolute atomic E-state index is 0. The number of likely N-dealkylation sites (N-methyl/N-ethyl adjacent to an activating group) is 1. The van der Waals surface area contributed by atoms with Crippen molar-refractivity contribution in [1.82, 2.24) is 9.47 Å². The van der Waals surface area contributed by atoms with Gasteiger partial charge in [0.05, 0.1) is 0 Å². The van der Waals surface area contributed by atoms with Crippen LogP contribution in [0, 0.1) is 0 Å². The van der Waals surface area contributed by atoms with Crippen molar-refractivity contribution in [2.24, 2.45) is 0 Å². The fraction of sp³-hybridized carbons (Fsp3) is 0.500. The molecule has 3 rings (SSSR count). The van der Waals surface area contributed by atoms with Crippen LogP contribution in [-0.2, 0) is 13.0 Å². The Morgan fingerprint density at radius 1 is 1.20 bits per heavy atom. The van der Waals surface area contributed by atoms with Crippen LogP contribution >= 0.6 is 0 Å². The molecule has 2 aromatic rings. The average molecular weight is 344 g/mol. The number of nitrogens with zero attached hydrogens (tertiary/aromatic N) is 3. The van der Waals surface area contributed by atoms with Crippen molar-refractivity contribution in [2.75, 3.05) is 27.2 Å². The van der Waals surface area contributed by atoms with Crippen molar-refractivity contribution >= 4 is 16.6 Å². The van der Waals surface area contributed by atoms with Crippen LogP contribution in [0.3, 0.4) is 0 Å². The molecule has 2 heterocycles. The van der Waals surface area contributed by atoms with E-state index in [9.17, 15) is 0 Å². The van der Waals surface area contributed by atoms with Crippen molar-refractivity contribution in [3.05, 3.63) is 35.3 Å². The van der Waals surface area contributed by atoms with Gasteiger partial charge in [0.15, 0.2) is 0 Å². The standard InChI is InChI=1S/C14H18N3.C2H6.Rb/c1-16(2)9-10-17-8-6-12-11-5-7-15-13(11)3-4-14(12)17;1-2;/h3-4,6,8H,5,7,9-10H2,1-2H3;1-2H3;/q-1;;+1. The molecule has 1 aliphatic rings. The van der Waals surface area contributed by atoms with Crippen LogP contribution in [0.4, 0.5) is 5.69 Å². The van der Waals surface area contributed by atoms with Crippen LogP contribution in [-0.4, -0.2) is 36.7 Å². The molecule has 0 amide bonds. The first-order valence-electron chi connectivity index (χ1n) is 7.18. The maximum atomic E-state index is 4.52. The second-order valence-electron chi connectivity index (χ2n) is 4.94. The summed E-state index contributed by atoms with van der Waals surface area (Å²) in [5.41, 5.74) is 3.98. The van der Waals surface area contributed by atoms with E-state index in [0.717, 1.165) is 26.1 Å². The van der Waals surface area contributed by atoms with Crippen molar-refractivity contribution in [3.8, 4) is 0 Å². The largest absolute Gasteiger partial charge is 1.00 e. The predicted molar refractivity (Wildman–Crippen MR) is 83.4 cm³/mol. The van der Waals surface area contributed by atoms with E-state index in [-0.39, 0.29) is 58.2 Å². The van der Waals surface area contributed by atoms with Gasteiger partial charge in [-0.05, 0) is 32.6 Å². The molecule has 0 N–H and O–H groups in total. The van der Waals surface area contributed by atoms with Gasteiger partial charge in [-0.1, -0.05) is 25.5 Å². The average Bonchev–Trinajstić information content (AvgIpc) is 3.04. The van der Waals surface area contributed by atoms with Gasteiger partial charge in [-0.3, -0.25) is 0 Å². The Kier molecular flexibility index (Phi) is 7.99. The Hall–Kier alpha value is 0.325. The Morgan fingerprint density at radius 3 is 2.65 bits per heavy atom. The smallest absolute Gasteiger partial charge is 0.684 e. The SMILES string of the molecule is CC.CN(C)CCn1ccc2c3c(ccc21)[N-]CC3.[Rb+]. The summed E-state index contributed by atoms with van der Waals surface area (Å²) in [5, 5.41) is 5.91. The summed E-state index contributed by atoms with van der Waals surface area (Å²) >= 11 is 0. The van der Waals surface area contributed by atoms with Crippen LogP contribution < -0.4 is 58.2 Å². The monoisotopic (exact) mass is 343 g/mol. The normalized spacial score (nSPS) is 12.4. The predicted octanol–water partition coefficient (Wildman–Crippen LogP) is 0.794. The number of hydrogen-bond acceptors (Lipinski definition) is 1. The zero-order valence-electron chi connectivity index (χ0n) is 13.5. The van der Waals surface area contributed by atoms with Gasteiger partial charge in [0, 0.05) is 30.2 Å². The van der Waals surface area contributed by atoms with Crippen LogP contribution in [0.25, 0.3) is 16.2 Å². The summed E-state index contributed by atoms with van der Waals surface area (Å²) in [6, 6.07) is 6.61. The van der Waals surface area contributed by atoms with Gasteiger partial charge < -0.3 is 14.8 Å². The molecule has 1 aliphatic heterocycles. The molecule has 0 spiro atoms. The Bertz CT molecular complexity index is 546. The summed E-state index contributed by atoms with van der Waals surface area (Å²) in [6.45, 7) is 7.08. The molecule has 0 saturated carbocycles. The summed E-state index contributed by atoms with van der Waals surface area (Å²) in [4.78, 5) is 2.22. The van der Waals surface area contributed by atoms with E-state index < -0.39 is 0 Å². The molecule has 0 fully saturated rings. The molecule has 0 saturated heterocycles. The van der Waals surface area contributed by atoms with E-state index >= 15 is 0 Å². The number of aromatic nitrogens is 1. The van der Waals surface area contributed by atoms with Gasteiger partial charge >= 0.3 is 58.2 Å². The zero-order chi connectivity index (χ0) is 13.8. The molecule has 0 atom stereocenters. The van der Waals surface area contributed by atoms with E-state index in [0.29, 0.717) is 0 Å². The molecule has 0 radical (unpaired) electrons. The first-order chi connectivity index (χ1) is 9.25. The first kappa shape index (κ1) is 18.4. The second-order valence-corrected chi connectivity index (χ2v) is 4.94. The van der Waals surface area contributed by atoms with Crippen molar-refractivity contribution in [3.63, 3.8) is 0 Å². The number of hydrogen-bond donors (Lipinski definition) is 0. The van der Waals surface area contributed by atoms with Crippen LogP contribution in [0.15, 0.2) is 24.4 Å². The van der Waals surface area contributed by atoms with E-state index in [1.807, 2.05) is 13.8 Å². The molecule has 3 nitrogen and oxygen atoms in total. The number of fused-ring (bicyclic) bond motifs is 3. The Morgan fingerprint density at radius 2 is 1.95 bits per heavy atom. The third-order valence-corrected chi connectivity index (χ3v) is 3.47. The Balaban J connectivity index is 0.000000639. The molecule has 104 valence electrons. The molecule has 20 heavy (non-hydrogen) atoms. The molecule has 0 unspecified atom stereocenters. The number of rotatable bonds is 3. The van der Waals surface area contributed by atoms with Gasteiger partial charge in [0.2, 0.25) is 0 Å². The molecular weight excluding hydrogens is 320 g/mol. The molecule has 4 heteroatoms. The summed E-state index contributed by atoms with van der Waals surface area (Å²) in [5.74, 6) is 0. The quantitative estimate of drug-likeness (QED) is 0.808. The summed E-state index contributed by atoms with van der Waals surface area (Å²) < 4.78 is 2.34. The fourth-order valence-electron chi connectivity index (χ4n) is 2.52. The minimum atomic E-state index is 0. The summed E-state index contributed by atoms with van der Waals surface area (Å²) in [7, 11) is 4.23. The molecule has 0 bridgehead atoms. The first-order valence-corrected chi connectivity index (χ1v) is 7.18. The fourth-order valence-corrected chi connectivity index (χ4v) is 2.52. The molecule has 1 aromatic carbocycles. The van der Waals surface area contributed by atoms with E-state index in [1.165, 1.54) is 22.2 Å².